The Morgan fingerprint density at radius 3 is 2.92 bits per heavy atom. The predicted molar refractivity (Wildman–Crippen MR) is 96.0 cm³/mol. The van der Waals surface area contributed by atoms with Gasteiger partial charge in [-0.05, 0) is 53.3 Å². The minimum absolute atomic E-state index is 0.180. The third-order valence-electron chi connectivity index (χ3n) is 4.13. The van der Waals surface area contributed by atoms with Crippen LogP contribution in [0, 0.1) is 0 Å². The Bertz CT molecular complexity index is 938. The van der Waals surface area contributed by atoms with Crippen LogP contribution < -0.4 is 14.8 Å². The van der Waals surface area contributed by atoms with Crippen molar-refractivity contribution in [2.45, 2.75) is 13.0 Å². The average Bonchev–Trinajstić information content (AvgIpc) is 3.17. The molecular weight excluding hydrogens is 332 g/mol. The molecule has 132 valence electrons. The summed E-state index contributed by atoms with van der Waals surface area (Å²) in [5, 5.41) is 15.2. The molecule has 0 saturated heterocycles. The Labute approximate surface area is 150 Å². The molecule has 1 N–H and O–H groups in total. The molecule has 0 bridgehead atoms. The van der Waals surface area contributed by atoms with Gasteiger partial charge in [-0.1, -0.05) is 11.2 Å². The standard InChI is InChI=1S/C18H18N6O2/c1-3-26-16-7-6-12(9-17(16)25-2)15-10-14(13-5-4-8-19-11-13)20-18-21-22-23-24(15)18/h4-11,15H,3H2,1-2H3,(H,20,21,23). The number of benzene rings is 1. The monoisotopic (exact) mass is 350 g/mol. The number of nitrogens with zero attached hydrogens (tertiary/aromatic N) is 5. The highest BCUT2D eigenvalue weighted by molar-refractivity contribution is 5.76. The summed E-state index contributed by atoms with van der Waals surface area (Å²) in [6, 6.07) is 9.55. The van der Waals surface area contributed by atoms with E-state index in [2.05, 4.69) is 31.9 Å². The van der Waals surface area contributed by atoms with Gasteiger partial charge in [0, 0.05) is 23.7 Å². The molecule has 2 aromatic heterocycles. The van der Waals surface area contributed by atoms with E-state index in [-0.39, 0.29) is 6.04 Å². The Hall–Kier alpha value is -3.42. The molecule has 1 unspecified atom stereocenters. The maximum atomic E-state index is 5.61. The van der Waals surface area contributed by atoms with Crippen molar-refractivity contribution in [3.05, 3.63) is 59.9 Å². The smallest absolute Gasteiger partial charge is 0.248 e. The molecule has 8 heteroatoms. The number of ether oxygens (including phenoxy) is 2. The van der Waals surface area contributed by atoms with E-state index in [1.165, 1.54) is 0 Å². The van der Waals surface area contributed by atoms with Crippen molar-refractivity contribution in [3.8, 4) is 11.5 Å². The van der Waals surface area contributed by atoms with E-state index in [1.807, 2.05) is 37.3 Å². The van der Waals surface area contributed by atoms with Crippen molar-refractivity contribution in [3.63, 3.8) is 0 Å². The van der Waals surface area contributed by atoms with E-state index >= 15 is 0 Å². The lowest BCUT2D eigenvalue weighted by atomic mass is 10.0. The van der Waals surface area contributed by atoms with Crippen LogP contribution in [0.15, 0.2) is 48.8 Å². The molecule has 0 fully saturated rings. The highest BCUT2D eigenvalue weighted by Crippen LogP contribution is 2.35. The van der Waals surface area contributed by atoms with Gasteiger partial charge in [0.05, 0.1) is 13.7 Å². The van der Waals surface area contributed by atoms with Crippen molar-refractivity contribution in [2.75, 3.05) is 19.0 Å². The Morgan fingerprint density at radius 1 is 1.23 bits per heavy atom. The van der Waals surface area contributed by atoms with Crippen molar-refractivity contribution in [1.29, 1.82) is 0 Å². The molecule has 1 aliphatic heterocycles. The maximum absolute atomic E-state index is 5.61. The Balaban J connectivity index is 1.78. The van der Waals surface area contributed by atoms with E-state index in [0.29, 0.717) is 24.1 Å². The number of pyridine rings is 1. The van der Waals surface area contributed by atoms with Gasteiger partial charge in [0.15, 0.2) is 11.5 Å². The van der Waals surface area contributed by atoms with Gasteiger partial charge >= 0.3 is 0 Å². The zero-order valence-corrected chi connectivity index (χ0v) is 14.5. The first kappa shape index (κ1) is 16.1. The normalized spacial score (nSPS) is 15.6. The SMILES string of the molecule is CCOc1ccc(C2C=C(c3cccnc3)Nc3nnnn32)cc1OC. The zero-order chi connectivity index (χ0) is 17.9. The van der Waals surface area contributed by atoms with Gasteiger partial charge in [-0.15, -0.1) is 0 Å². The molecule has 26 heavy (non-hydrogen) atoms. The van der Waals surface area contributed by atoms with Crippen LogP contribution in [0.3, 0.4) is 0 Å². The molecule has 0 amide bonds. The van der Waals surface area contributed by atoms with Crippen LogP contribution in [0.25, 0.3) is 5.70 Å². The summed E-state index contributed by atoms with van der Waals surface area (Å²) >= 11 is 0. The number of tetrazole rings is 1. The molecule has 0 aliphatic carbocycles. The minimum Gasteiger partial charge on any atom is -0.493 e. The maximum Gasteiger partial charge on any atom is 0.248 e. The lowest BCUT2D eigenvalue weighted by Crippen LogP contribution is -2.20. The molecule has 0 radical (unpaired) electrons. The van der Waals surface area contributed by atoms with Crippen LogP contribution in [0.5, 0.6) is 11.5 Å². The molecule has 3 heterocycles. The number of anilines is 1. The first-order valence-electron chi connectivity index (χ1n) is 8.28. The minimum atomic E-state index is -0.180. The largest absolute Gasteiger partial charge is 0.493 e. The number of hydrogen-bond donors (Lipinski definition) is 1. The first-order valence-corrected chi connectivity index (χ1v) is 8.28. The number of methoxy groups -OCH3 is 1. The summed E-state index contributed by atoms with van der Waals surface area (Å²) in [5.41, 5.74) is 2.85. The molecule has 4 rings (SSSR count). The lowest BCUT2D eigenvalue weighted by molar-refractivity contribution is 0.310. The van der Waals surface area contributed by atoms with Crippen LogP contribution in [-0.2, 0) is 0 Å². The van der Waals surface area contributed by atoms with E-state index in [9.17, 15) is 0 Å². The van der Waals surface area contributed by atoms with Crippen LogP contribution in [0.2, 0.25) is 0 Å². The van der Waals surface area contributed by atoms with Crippen molar-refractivity contribution >= 4 is 11.6 Å². The van der Waals surface area contributed by atoms with Gasteiger partial charge in [0.25, 0.3) is 0 Å². The van der Waals surface area contributed by atoms with Gasteiger partial charge in [-0.2, -0.15) is 4.68 Å². The lowest BCUT2D eigenvalue weighted by Gasteiger charge is -2.24. The van der Waals surface area contributed by atoms with E-state index in [1.54, 1.807) is 24.2 Å². The fourth-order valence-corrected chi connectivity index (χ4v) is 2.92. The third kappa shape index (κ3) is 2.85. The molecule has 1 atom stereocenters. The highest BCUT2D eigenvalue weighted by atomic mass is 16.5. The summed E-state index contributed by atoms with van der Waals surface area (Å²) < 4.78 is 12.8. The number of fused-ring (bicyclic) bond motifs is 1. The third-order valence-corrected chi connectivity index (χ3v) is 4.13. The number of aromatic nitrogens is 5. The van der Waals surface area contributed by atoms with E-state index < -0.39 is 0 Å². The average molecular weight is 350 g/mol. The summed E-state index contributed by atoms with van der Waals surface area (Å²) in [6.07, 6.45) is 5.61. The molecule has 0 spiro atoms. The summed E-state index contributed by atoms with van der Waals surface area (Å²) in [4.78, 5) is 4.18. The first-order chi connectivity index (χ1) is 12.8. The second-order valence-corrected chi connectivity index (χ2v) is 5.68. The van der Waals surface area contributed by atoms with Gasteiger partial charge in [0.2, 0.25) is 5.95 Å². The van der Waals surface area contributed by atoms with Crippen LogP contribution in [-0.4, -0.2) is 38.9 Å². The second-order valence-electron chi connectivity index (χ2n) is 5.68. The number of allylic oxidation sites excluding steroid dienone is 1. The summed E-state index contributed by atoms with van der Waals surface area (Å²) in [7, 11) is 1.63. The quantitative estimate of drug-likeness (QED) is 0.756. The van der Waals surface area contributed by atoms with E-state index in [4.69, 9.17) is 9.47 Å². The van der Waals surface area contributed by atoms with Crippen molar-refractivity contribution in [1.82, 2.24) is 25.2 Å². The van der Waals surface area contributed by atoms with Gasteiger partial charge in [0.1, 0.15) is 6.04 Å². The molecule has 1 aliphatic rings. The Kier molecular flexibility index (Phi) is 4.22. The van der Waals surface area contributed by atoms with Gasteiger partial charge in [-0.25, -0.2) is 0 Å². The van der Waals surface area contributed by atoms with Crippen LogP contribution >= 0.6 is 0 Å². The molecule has 1 aromatic carbocycles. The summed E-state index contributed by atoms with van der Waals surface area (Å²) in [6.45, 7) is 2.52. The van der Waals surface area contributed by atoms with Crippen LogP contribution in [0.4, 0.5) is 5.95 Å². The van der Waals surface area contributed by atoms with Gasteiger partial charge in [-0.3, -0.25) is 4.98 Å². The van der Waals surface area contributed by atoms with E-state index in [0.717, 1.165) is 16.8 Å². The molecule has 3 aromatic rings. The molecule has 8 nitrogen and oxygen atoms in total. The van der Waals surface area contributed by atoms with Crippen molar-refractivity contribution in [2.24, 2.45) is 0 Å². The molecule has 0 saturated carbocycles. The summed E-state index contributed by atoms with van der Waals surface area (Å²) in [5.74, 6) is 1.96. The second kappa shape index (κ2) is 6.83. The fraction of sp³-hybridized carbons (Fsp3) is 0.222. The highest BCUT2D eigenvalue weighted by Gasteiger charge is 2.25. The Morgan fingerprint density at radius 2 is 2.15 bits per heavy atom. The van der Waals surface area contributed by atoms with Crippen LogP contribution in [0.1, 0.15) is 24.1 Å². The molecular formula is C18H18N6O2. The van der Waals surface area contributed by atoms with Crippen molar-refractivity contribution < 1.29 is 9.47 Å². The number of rotatable bonds is 5. The number of hydrogen-bond acceptors (Lipinski definition) is 7. The van der Waals surface area contributed by atoms with Gasteiger partial charge < -0.3 is 14.8 Å². The number of nitrogens with one attached hydrogen (secondary N) is 1. The predicted octanol–water partition coefficient (Wildman–Crippen LogP) is 2.53. The fourth-order valence-electron chi connectivity index (χ4n) is 2.92. The topological polar surface area (TPSA) is 87.0 Å². The zero-order valence-electron chi connectivity index (χ0n) is 14.5.